The van der Waals surface area contributed by atoms with E-state index < -0.39 is 0 Å². The summed E-state index contributed by atoms with van der Waals surface area (Å²) in [5.74, 6) is -0.165. The van der Waals surface area contributed by atoms with Crippen LogP contribution in [-0.4, -0.2) is 10.2 Å². The Morgan fingerprint density at radius 3 is 2.11 bits per heavy atom. The van der Waals surface area contributed by atoms with E-state index in [-0.39, 0.29) is 11.5 Å². The molecule has 0 aliphatic heterocycles. The molecule has 3 heteroatoms. The molecule has 0 aliphatic carbocycles. The van der Waals surface area contributed by atoms with Gasteiger partial charge in [-0.2, -0.15) is 0 Å². The summed E-state index contributed by atoms with van der Waals surface area (Å²) in [6, 6.07) is 13.2. The molecule has 0 unspecified atom stereocenters. The van der Waals surface area contributed by atoms with E-state index in [1.54, 1.807) is 12.1 Å². The van der Waals surface area contributed by atoms with Crippen molar-refractivity contribution in [3.8, 4) is 11.5 Å². The van der Waals surface area contributed by atoms with Gasteiger partial charge >= 0.3 is 0 Å². The van der Waals surface area contributed by atoms with Crippen LogP contribution in [0.25, 0.3) is 0 Å². The van der Waals surface area contributed by atoms with Crippen LogP contribution in [0.15, 0.2) is 42.5 Å². The van der Waals surface area contributed by atoms with Gasteiger partial charge in [0.25, 0.3) is 0 Å². The monoisotopic (exact) mass is 243 g/mol. The molecule has 0 saturated carbocycles. The molecule has 0 spiro atoms. The lowest BCUT2D eigenvalue weighted by Gasteiger charge is -2.06. The van der Waals surface area contributed by atoms with Crippen LogP contribution in [0.3, 0.4) is 0 Å². The van der Waals surface area contributed by atoms with Crippen molar-refractivity contribution in [2.75, 3.05) is 0 Å². The van der Waals surface area contributed by atoms with Crippen LogP contribution < -0.4 is 5.32 Å². The van der Waals surface area contributed by atoms with E-state index in [1.807, 2.05) is 0 Å². The first-order valence-corrected chi connectivity index (χ1v) is 5.92. The summed E-state index contributed by atoms with van der Waals surface area (Å²) in [5.41, 5.74) is 3.42. The van der Waals surface area contributed by atoms with Crippen LogP contribution in [0.5, 0.6) is 11.5 Å². The Kier molecular flexibility index (Phi) is 3.85. The van der Waals surface area contributed by atoms with Gasteiger partial charge in [0.05, 0.1) is 0 Å². The standard InChI is InChI=1S/C15H17NO2/c1-11-2-4-12(5-3-11)9-16-10-13-6-7-14(17)15(18)8-13/h2-8,16-18H,9-10H2,1H3. The molecule has 2 aromatic carbocycles. The molecule has 94 valence electrons. The molecule has 2 aromatic rings. The molecule has 0 saturated heterocycles. The van der Waals surface area contributed by atoms with Gasteiger partial charge in [0.2, 0.25) is 0 Å². The van der Waals surface area contributed by atoms with E-state index >= 15 is 0 Å². The lowest BCUT2D eigenvalue weighted by molar-refractivity contribution is 0.403. The summed E-state index contributed by atoms with van der Waals surface area (Å²) < 4.78 is 0. The smallest absolute Gasteiger partial charge is 0.157 e. The summed E-state index contributed by atoms with van der Waals surface area (Å²) in [6.45, 7) is 3.50. The molecule has 0 bridgehead atoms. The van der Waals surface area contributed by atoms with Gasteiger partial charge in [0.15, 0.2) is 11.5 Å². The maximum atomic E-state index is 9.37. The molecule has 0 radical (unpaired) electrons. The van der Waals surface area contributed by atoms with Crippen molar-refractivity contribution in [2.45, 2.75) is 20.0 Å². The third kappa shape index (κ3) is 3.25. The number of nitrogens with one attached hydrogen (secondary N) is 1. The van der Waals surface area contributed by atoms with Crippen LogP contribution >= 0.6 is 0 Å². The van der Waals surface area contributed by atoms with E-state index in [4.69, 9.17) is 0 Å². The zero-order valence-corrected chi connectivity index (χ0v) is 10.4. The lowest BCUT2D eigenvalue weighted by atomic mass is 10.1. The third-order valence-corrected chi connectivity index (χ3v) is 2.82. The molecule has 0 atom stereocenters. The van der Waals surface area contributed by atoms with Gasteiger partial charge < -0.3 is 15.5 Å². The minimum Gasteiger partial charge on any atom is -0.504 e. The van der Waals surface area contributed by atoms with E-state index in [2.05, 4.69) is 36.5 Å². The Morgan fingerprint density at radius 2 is 1.44 bits per heavy atom. The Bertz CT molecular complexity index is 521. The van der Waals surface area contributed by atoms with Crippen molar-refractivity contribution in [1.82, 2.24) is 5.32 Å². The second-order valence-electron chi connectivity index (χ2n) is 4.41. The topological polar surface area (TPSA) is 52.5 Å². The van der Waals surface area contributed by atoms with Crippen molar-refractivity contribution >= 4 is 0 Å². The Hall–Kier alpha value is -2.00. The lowest BCUT2D eigenvalue weighted by Crippen LogP contribution is -2.12. The van der Waals surface area contributed by atoms with E-state index in [0.717, 1.165) is 12.1 Å². The second kappa shape index (κ2) is 5.56. The Labute approximate surface area is 107 Å². The summed E-state index contributed by atoms with van der Waals surface area (Å²) in [7, 11) is 0. The minimum atomic E-state index is -0.0858. The number of benzene rings is 2. The molecule has 2 rings (SSSR count). The van der Waals surface area contributed by atoms with Crippen LogP contribution in [-0.2, 0) is 13.1 Å². The molecule has 0 heterocycles. The average molecular weight is 243 g/mol. The molecule has 0 aromatic heterocycles. The van der Waals surface area contributed by atoms with Crippen LogP contribution in [0.2, 0.25) is 0 Å². The van der Waals surface area contributed by atoms with Gasteiger partial charge in [-0.3, -0.25) is 0 Å². The molecule has 0 aliphatic rings. The summed E-state index contributed by atoms with van der Waals surface area (Å²) in [4.78, 5) is 0. The number of aryl methyl sites for hydroxylation is 1. The summed E-state index contributed by atoms with van der Waals surface area (Å²) in [5, 5.41) is 21.9. The van der Waals surface area contributed by atoms with Gasteiger partial charge in [-0.05, 0) is 30.2 Å². The number of hydrogen-bond donors (Lipinski definition) is 3. The normalized spacial score (nSPS) is 10.5. The number of phenols is 2. The first-order chi connectivity index (χ1) is 8.65. The van der Waals surface area contributed by atoms with Crippen molar-refractivity contribution in [3.05, 3.63) is 59.2 Å². The Balaban J connectivity index is 1.88. The first kappa shape index (κ1) is 12.5. The molecule has 0 fully saturated rings. The summed E-state index contributed by atoms with van der Waals surface area (Å²) in [6.07, 6.45) is 0. The van der Waals surface area contributed by atoms with Gasteiger partial charge in [-0.25, -0.2) is 0 Å². The van der Waals surface area contributed by atoms with Crippen LogP contribution in [0, 0.1) is 6.92 Å². The second-order valence-corrected chi connectivity index (χ2v) is 4.41. The highest BCUT2D eigenvalue weighted by Gasteiger charge is 2.00. The molecular weight excluding hydrogens is 226 g/mol. The highest BCUT2D eigenvalue weighted by molar-refractivity contribution is 5.40. The quantitative estimate of drug-likeness (QED) is 0.724. The van der Waals surface area contributed by atoms with Crippen molar-refractivity contribution in [3.63, 3.8) is 0 Å². The largest absolute Gasteiger partial charge is 0.504 e. The number of aromatic hydroxyl groups is 2. The Morgan fingerprint density at radius 1 is 0.833 bits per heavy atom. The maximum Gasteiger partial charge on any atom is 0.157 e. The minimum absolute atomic E-state index is 0.0790. The number of hydrogen-bond acceptors (Lipinski definition) is 3. The predicted molar refractivity (Wildman–Crippen MR) is 71.5 cm³/mol. The van der Waals surface area contributed by atoms with Gasteiger partial charge in [0, 0.05) is 13.1 Å². The summed E-state index contributed by atoms with van der Waals surface area (Å²) >= 11 is 0. The van der Waals surface area contributed by atoms with Gasteiger partial charge in [0.1, 0.15) is 0 Å². The molecule has 3 nitrogen and oxygen atoms in total. The molecular formula is C15H17NO2. The van der Waals surface area contributed by atoms with Crippen LogP contribution in [0.4, 0.5) is 0 Å². The fourth-order valence-corrected chi connectivity index (χ4v) is 1.74. The van der Waals surface area contributed by atoms with Crippen molar-refractivity contribution < 1.29 is 10.2 Å². The van der Waals surface area contributed by atoms with Crippen molar-refractivity contribution in [2.24, 2.45) is 0 Å². The zero-order chi connectivity index (χ0) is 13.0. The van der Waals surface area contributed by atoms with Crippen LogP contribution in [0.1, 0.15) is 16.7 Å². The van der Waals surface area contributed by atoms with Gasteiger partial charge in [-0.1, -0.05) is 35.9 Å². The van der Waals surface area contributed by atoms with E-state index in [1.165, 1.54) is 17.2 Å². The van der Waals surface area contributed by atoms with E-state index in [0.29, 0.717) is 6.54 Å². The maximum absolute atomic E-state index is 9.37. The number of rotatable bonds is 4. The average Bonchev–Trinajstić information content (AvgIpc) is 2.36. The van der Waals surface area contributed by atoms with Crippen molar-refractivity contribution in [1.29, 1.82) is 0 Å². The van der Waals surface area contributed by atoms with E-state index in [9.17, 15) is 10.2 Å². The highest BCUT2D eigenvalue weighted by Crippen LogP contribution is 2.24. The molecule has 3 N–H and O–H groups in total. The highest BCUT2D eigenvalue weighted by atomic mass is 16.3. The third-order valence-electron chi connectivity index (χ3n) is 2.82. The zero-order valence-electron chi connectivity index (χ0n) is 10.4. The molecule has 18 heavy (non-hydrogen) atoms. The fraction of sp³-hybridized carbons (Fsp3) is 0.200. The fourth-order valence-electron chi connectivity index (χ4n) is 1.74. The number of phenolic OH excluding ortho intramolecular Hbond substituents is 2. The SMILES string of the molecule is Cc1ccc(CNCc2ccc(O)c(O)c2)cc1. The predicted octanol–water partition coefficient (Wildman–Crippen LogP) is 2.70. The van der Waals surface area contributed by atoms with Gasteiger partial charge in [-0.15, -0.1) is 0 Å². The molecule has 0 amide bonds. The first-order valence-electron chi connectivity index (χ1n) is 5.92.